The summed E-state index contributed by atoms with van der Waals surface area (Å²) in [7, 11) is 0. The zero-order valence-electron chi connectivity index (χ0n) is 17.8. The molecule has 3 fully saturated rings. The molecule has 0 radical (unpaired) electrons. The average Bonchev–Trinajstić information content (AvgIpc) is 3.62. The lowest BCUT2D eigenvalue weighted by Crippen LogP contribution is -2.40. The summed E-state index contributed by atoms with van der Waals surface area (Å²) in [6, 6.07) is 19.9. The molecule has 4 aliphatic carbocycles. The molecule has 2 bridgehead atoms. The zero-order chi connectivity index (χ0) is 22.3. The molecule has 3 aromatic carbocycles. The summed E-state index contributed by atoms with van der Waals surface area (Å²) in [6.07, 6.45) is 5.45. The number of carbonyl (C=O) groups excluding carboxylic acids is 3. The molecule has 1 saturated heterocycles. The quantitative estimate of drug-likeness (QED) is 0.261. The lowest BCUT2D eigenvalue weighted by atomic mass is 9.63. The predicted octanol–water partition coefficient (Wildman–Crippen LogP) is 4.62. The number of nitrogens with zero attached hydrogens (tertiary/aromatic N) is 1. The fourth-order valence-electron chi connectivity index (χ4n) is 6.43. The molecule has 2 saturated carbocycles. The van der Waals surface area contributed by atoms with E-state index >= 15 is 0 Å². The Hall–Kier alpha value is -3.73. The van der Waals surface area contributed by atoms with Gasteiger partial charge < -0.3 is 4.74 Å². The number of esters is 1. The van der Waals surface area contributed by atoms with Crippen LogP contribution in [-0.4, -0.2) is 17.8 Å². The third-order valence-corrected chi connectivity index (χ3v) is 7.96. The summed E-state index contributed by atoms with van der Waals surface area (Å²) in [5.74, 6) is 0.628. The lowest BCUT2D eigenvalue weighted by molar-refractivity contribution is -0.124. The molecule has 162 valence electrons. The van der Waals surface area contributed by atoms with Crippen LogP contribution in [0.2, 0.25) is 0 Å². The second kappa shape index (κ2) is 6.64. The van der Waals surface area contributed by atoms with Crippen molar-refractivity contribution in [1.29, 1.82) is 0 Å². The monoisotopic (exact) mass is 435 g/mol. The van der Waals surface area contributed by atoms with Gasteiger partial charge in [-0.25, -0.2) is 9.69 Å². The molecule has 33 heavy (non-hydrogen) atoms. The number of anilines is 1. The van der Waals surface area contributed by atoms with Crippen LogP contribution in [0.25, 0.3) is 10.8 Å². The Morgan fingerprint density at radius 2 is 1.48 bits per heavy atom. The fraction of sp³-hybridized carbons (Fsp3) is 0.250. The minimum absolute atomic E-state index is 0.130. The molecule has 6 atom stereocenters. The van der Waals surface area contributed by atoms with Gasteiger partial charge in [0.2, 0.25) is 11.8 Å². The third-order valence-electron chi connectivity index (χ3n) is 7.96. The molecule has 0 unspecified atom stereocenters. The van der Waals surface area contributed by atoms with Crippen molar-refractivity contribution in [2.75, 3.05) is 4.90 Å². The van der Waals surface area contributed by atoms with Crippen molar-refractivity contribution < 1.29 is 19.1 Å². The van der Waals surface area contributed by atoms with E-state index in [4.69, 9.17) is 4.74 Å². The van der Waals surface area contributed by atoms with Crippen molar-refractivity contribution in [3.8, 4) is 5.75 Å². The summed E-state index contributed by atoms with van der Waals surface area (Å²) in [4.78, 5) is 41.0. The highest BCUT2D eigenvalue weighted by Gasteiger charge is 2.67. The molecule has 5 nitrogen and oxygen atoms in total. The topological polar surface area (TPSA) is 63.7 Å². The molecule has 1 heterocycles. The van der Waals surface area contributed by atoms with Gasteiger partial charge in [-0.1, -0.05) is 54.6 Å². The van der Waals surface area contributed by atoms with E-state index in [2.05, 4.69) is 12.2 Å². The highest BCUT2D eigenvalue weighted by atomic mass is 16.5. The summed E-state index contributed by atoms with van der Waals surface area (Å²) in [6.45, 7) is 0. The maximum absolute atomic E-state index is 13.4. The number of ether oxygens (including phenoxy) is 1. The van der Waals surface area contributed by atoms with Crippen LogP contribution >= 0.6 is 0 Å². The first-order chi connectivity index (χ1) is 16.1. The van der Waals surface area contributed by atoms with Crippen LogP contribution in [0.5, 0.6) is 5.75 Å². The van der Waals surface area contributed by atoms with Gasteiger partial charge in [0.1, 0.15) is 5.75 Å². The molecule has 0 N–H and O–H groups in total. The van der Waals surface area contributed by atoms with Gasteiger partial charge in [0, 0.05) is 5.39 Å². The Morgan fingerprint density at radius 1 is 0.818 bits per heavy atom. The van der Waals surface area contributed by atoms with Gasteiger partial charge in [-0.05, 0) is 59.7 Å². The number of imide groups is 1. The summed E-state index contributed by atoms with van der Waals surface area (Å²) < 4.78 is 5.71. The first kappa shape index (κ1) is 18.8. The number of allylic oxidation sites excluding steroid dienone is 2. The normalized spacial score (nSPS) is 31.0. The molecule has 5 heteroatoms. The van der Waals surface area contributed by atoms with Crippen LogP contribution in [0.1, 0.15) is 16.8 Å². The maximum Gasteiger partial charge on any atom is 0.343 e. The van der Waals surface area contributed by atoms with Crippen molar-refractivity contribution in [2.24, 2.45) is 35.5 Å². The summed E-state index contributed by atoms with van der Waals surface area (Å²) in [5.41, 5.74) is 0.750. The van der Waals surface area contributed by atoms with Crippen molar-refractivity contribution in [1.82, 2.24) is 0 Å². The largest absolute Gasteiger partial charge is 0.422 e. The number of amides is 2. The van der Waals surface area contributed by atoms with E-state index in [0.29, 0.717) is 28.8 Å². The highest BCUT2D eigenvalue weighted by molar-refractivity contribution is 6.23. The van der Waals surface area contributed by atoms with Gasteiger partial charge in [-0.15, -0.1) is 0 Å². The molecule has 8 rings (SSSR count). The highest BCUT2D eigenvalue weighted by Crippen LogP contribution is 2.65. The van der Waals surface area contributed by atoms with Crippen molar-refractivity contribution in [3.63, 3.8) is 0 Å². The van der Waals surface area contributed by atoms with Crippen molar-refractivity contribution >= 4 is 34.2 Å². The Morgan fingerprint density at radius 3 is 2.24 bits per heavy atom. The van der Waals surface area contributed by atoms with Gasteiger partial charge >= 0.3 is 5.97 Å². The van der Waals surface area contributed by atoms with E-state index < -0.39 is 5.97 Å². The second-order valence-electron chi connectivity index (χ2n) is 9.58. The molecule has 0 spiro atoms. The minimum atomic E-state index is -0.521. The number of hydrogen-bond acceptors (Lipinski definition) is 4. The van der Waals surface area contributed by atoms with Gasteiger partial charge in [0.25, 0.3) is 0 Å². The van der Waals surface area contributed by atoms with E-state index in [1.807, 2.05) is 36.4 Å². The lowest BCUT2D eigenvalue weighted by Gasteiger charge is -2.37. The van der Waals surface area contributed by atoms with Crippen molar-refractivity contribution in [2.45, 2.75) is 6.42 Å². The van der Waals surface area contributed by atoms with Crippen molar-refractivity contribution in [3.05, 3.63) is 84.4 Å². The third kappa shape index (κ3) is 2.62. The van der Waals surface area contributed by atoms with E-state index in [1.165, 1.54) is 4.90 Å². The Labute approximate surface area is 190 Å². The average molecular weight is 435 g/mol. The van der Waals surface area contributed by atoms with Gasteiger partial charge in [0.05, 0.1) is 23.1 Å². The number of fused-ring (bicyclic) bond motifs is 1. The van der Waals surface area contributed by atoms with E-state index in [9.17, 15) is 14.4 Å². The van der Waals surface area contributed by atoms with Gasteiger partial charge in [0.15, 0.2) is 0 Å². The van der Waals surface area contributed by atoms with E-state index in [-0.39, 0.29) is 35.5 Å². The van der Waals surface area contributed by atoms with E-state index in [0.717, 1.165) is 17.2 Å². The minimum Gasteiger partial charge on any atom is -0.422 e. The van der Waals surface area contributed by atoms with Crippen LogP contribution in [-0.2, 0) is 9.59 Å². The van der Waals surface area contributed by atoms with Gasteiger partial charge in [-0.3, -0.25) is 9.59 Å². The Bertz CT molecular complexity index is 1350. The zero-order valence-corrected chi connectivity index (χ0v) is 17.8. The van der Waals surface area contributed by atoms with Crippen LogP contribution in [0.3, 0.4) is 0 Å². The van der Waals surface area contributed by atoms with Crippen LogP contribution in [0.15, 0.2) is 78.9 Å². The van der Waals surface area contributed by atoms with Crippen LogP contribution in [0, 0.1) is 35.5 Å². The molecule has 3 aromatic rings. The number of rotatable bonds is 3. The smallest absolute Gasteiger partial charge is 0.343 e. The fourth-order valence-corrected chi connectivity index (χ4v) is 6.43. The standard InChI is InChI=1S/C28H21NO4/c30-26-24-19-11-12-20(22-14-21(19)22)25(24)27(31)29(26)17-8-3-7-16(13-17)28(32)33-23-10-4-6-15-5-1-2-9-18(15)23/h1-13,19-22,24-25H,14H2/t19-,20-,21-,22-,24-,25+/m0/s1. The molecule has 5 aliphatic rings. The Kier molecular flexibility index (Phi) is 3.78. The Balaban J connectivity index is 1.19. The van der Waals surface area contributed by atoms with E-state index in [1.54, 1.807) is 30.3 Å². The summed E-state index contributed by atoms with van der Waals surface area (Å²) >= 11 is 0. The molecular weight excluding hydrogens is 414 g/mol. The first-order valence-corrected chi connectivity index (χ1v) is 11.5. The number of hydrogen-bond donors (Lipinski definition) is 0. The van der Waals surface area contributed by atoms with Gasteiger partial charge in [-0.2, -0.15) is 0 Å². The number of benzene rings is 3. The van der Waals surface area contributed by atoms with Crippen LogP contribution in [0.4, 0.5) is 5.69 Å². The second-order valence-corrected chi connectivity index (χ2v) is 9.58. The van der Waals surface area contributed by atoms with Crippen LogP contribution < -0.4 is 9.64 Å². The molecular formula is C28H21NO4. The maximum atomic E-state index is 13.4. The number of carbonyl (C=O) groups is 3. The summed E-state index contributed by atoms with van der Waals surface area (Å²) in [5, 5.41) is 1.83. The molecule has 2 amide bonds. The SMILES string of the molecule is O=C(Oc1cccc2ccccc12)c1cccc(N2C(=O)[C@@H]3[C@H]4C=C[C@@H]([C@@H]5C[C@@H]45)[C@@H]3C2=O)c1. The molecule has 0 aromatic heterocycles. The predicted molar refractivity (Wildman–Crippen MR) is 123 cm³/mol. The molecule has 1 aliphatic heterocycles. The first-order valence-electron chi connectivity index (χ1n) is 11.5.